The van der Waals surface area contributed by atoms with Crippen molar-refractivity contribution in [3.63, 3.8) is 0 Å². The molecular weight excluding hydrogens is 278 g/mol. The van der Waals surface area contributed by atoms with Crippen molar-refractivity contribution in [2.75, 3.05) is 19.5 Å². The van der Waals surface area contributed by atoms with Gasteiger partial charge in [0, 0.05) is 10.5 Å². The molecule has 0 saturated carbocycles. The number of carboxylic acids is 1. The molecule has 1 saturated heterocycles. The SMILES string of the molecule is CSc1ccc(C)c(C(=O)NC2COCC2C(=O)O)c1. The first-order chi connectivity index (χ1) is 9.52. The van der Waals surface area contributed by atoms with Gasteiger partial charge in [0.15, 0.2) is 0 Å². The van der Waals surface area contributed by atoms with Crippen LogP contribution >= 0.6 is 11.8 Å². The van der Waals surface area contributed by atoms with E-state index in [0.717, 1.165) is 10.5 Å². The number of hydrogen-bond donors (Lipinski definition) is 2. The van der Waals surface area contributed by atoms with Crippen molar-refractivity contribution in [3.8, 4) is 0 Å². The second-order valence-electron chi connectivity index (χ2n) is 4.74. The molecule has 20 heavy (non-hydrogen) atoms. The van der Waals surface area contributed by atoms with Gasteiger partial charge < -0.3 is 15.2 Å². The number of ether oxygens (including phenoxy) is 1. The van der Waals surface area contributed by atoms with E-state index in [4.69, 9.17) is 9.84 Å². The number of hydrogen-bond acceptors (Lipinski definition) is 4. The van der Waals surface area contributed by atoms with E-state index >= 15 is 0 Å². The Hall–Kier alpha value is -1.53. The van der Waals surface area contributed by atoms with E-state index in [1.165, 1.54) is 0 Å². The Balaban J connectivity index is 2.14. The molecule has 0 radical (unpaired) electrons. The van der Waals surface area contributed by atoms with Crippen LogP contribution in [0.3, 0.4) is 0 Å². The highest BCUT2D eigenvalue weighted by atomic mass is 32.2. The molecule has 2 N–H and O–H groups in total. The van der Waals surface area contributed by atoms with Gasteiger partial charge in [-0.05, 0) is 30.9 Å². The summed E-state index contributed by atoms with van der Waals surface area (Å²) in [6, 6.07) is 5.19. The van der Waals surface area contributed by atoms with Crippen LogP contribution in [-0.2, 0) is 9.53 Å². The van der Waals surface area contributed by atoms with Crippen LogP contribution < -0.4 is 5.32 Å². The van der Waals surface area contributed by atoms with E-state index in [0.29, 0.717) is 5.56 Å². The molecule has 0 aromatic heterocycles. The molecule has 6 heteroatoms. The predicted molar refractivity (Wildman–Crippen MR) is 76.2 cm³/mol. The lowest BCUT2D eigenvalue weighted by molar-refractivity contribution is -0.142. The number of aliphatic carboxylic acids is 1. The summed E-state index contributed by atoms with van der Waals surface area (Å²) in [5.41, 5.74) is 1.44. The predicted octanol–water partition coefficient (Wildman–Crippen LogP) is 1.55. The molecule has 2 rings (SSSR count). The molecule has 108 valence electrons. The summed E-state index contributed by atoms with van der Waals surface area (Å²) in [6.07, 6.45) is 1.94. The van der Waals surface area contributed by atoms with Gasteiger partial charge in [0.2, 0.25) is 0 Å². The van der Waals surface area contributed by atoms with Crippen molar-refractivity contribution >= 4 is 23.6 Å². The number of benzene rings is 1. The highest BCUT2D eigenvalue weighted by Crippen LogP contribution is 2.20. The van der Waals surface area contributed by atoms with Crippen molar-refractivity contribution in [2.45, 2.75) is 17.9 Å². The summed E-state index contributed by atoms with van der Waals surface area (Å²) in [7, 11) is 0. The minimum atomic E-state index is -0.942. The van der Waals surface area contributed by atoms with Crippen molar-refractivity contribution in [2.24, 2.45) is 5.92 Å². The van der Waals surface area contributed by atoms with Crippen molar-refractivity contribution in [1.82, 2.24) is 5.32 Å². The lowest BCUT2D eigenvalue weighted by Gasteiger charge is -2.16. The Kier molecular flexibility index (Phi) is 4.67. The van der Waals surface area contributed by atoms with Crippen LogP contribution in [0.4, 0.5) is 0 Å². The lowest BCUT2D eigenvalue weighted by Crippen LogP contribution is -2.42. The van der Waals surface area contributed by atoms with Crippen LogP contribution in [-0.4, -0.2) is 42.5 Å². The number of carbonyl (C=O) groups is 2. The smallest absolute Gasteiger partial charge is 0.311 e. The first kappa shape index (κ1) is 14.9. The van der Waals surface area contributed by atoms with Crippen LogP contribution in [0.25, 0.3) is 0 Å². The zero-order valence-electron chi connectivity index (χ0n) is 11.4. The molecular formula is C14H17NO4S. The highest BCUT2D eigenvalue weighted by Gasteiger charge is 2.35. The minimum absolute atomic E-state index is 0.143. The molecule has 1 aliphatic heterocycles. The molecule has 1 aromatic rings. The van der Waals surface area contributed by atoms with Gasteiger partial charge in [-0.25, -0.2) is 0 Å². The first-order valence-electron chi connectivity index (χ1n) is 6.29. The fourth-order valence-electron chi connectivity index (χ4n) is 2.16. The molecule has 2 atom stereocenters. The highest BCUT2D eigenvalue weighted by molar-refractivity contribution is 7.98. The van der Waals surface area contributed by atoms with Crippen LogP contribution in [0.15, 0.2) is 23.1 Å². The Morgan fingerprint density at radius 1 is 1.40 bits per heavy atom. The Labute approximate surface area is 121 Å². The van der Waals surface area contributed by atoms with E-state index in [2.05, 4.69) is 5.32 Å². The maximum Gasteiger partial charge on any atom is 0.311 e. The number of rotatable bonds is 4. The molecule has 1 fully saturated rings. The third kappa shape index (κ3) is 3.13. The minimum Gasteiger partial charge on any atom is -0.481 e. The van der Waals surface area contributed by atoms with Crippen LogP contribution in [0, 0.1) is 12.8 Å². The van der Waals surface area contributed by atoms with E-state index in [1.54, 1.807) is 11.8 Å². The monoisotopic (exact) mass is 295 g/mol. The van der Waals surface area contributed by atoms with E-state index in [1.807, 2.05) is 31.4 Å². The van der Waals surface area contributed by atoms with Gasteiger partial charge in [0.1, 0.15) is 5.92 Å². The Bertz CT molecular complexity index is 532. The molecule has 5 nitrogen and oxygen atoms in total. The van der Waals surface area contributed by atoms with Gasteiger partial charge in [0.05, 0.1) is 19.3 Å². The summed E-state index contributed by atoms with van der Waals surface area (Å²) < 4.78 is 5.14. The molecule has 2 unspecified atom stereocenters. The Morgan fingerprint density at radius 2 is 2.15 bits per heavy atom. The molecule has 0 aliphatic carbocycles. The average molecular weight is 295 g/mol. The van der Waals surface area contributed by atoms with Gasteiger partial charge in [-0.15, -0.1) is 11.8 Å². The van der Waals surface area contributed by atoms with E-state index < -0.39 is 17.9 Å². The number of amides is 1. The molecule has 1 aliphatic rings. The Morgan fingerprint density at radius 3 is 2.80 bits per heavy atom. The molecule has 1 heterocycles. The van der Waals surface area contributed by atoms with Gasteiger partial charge in [-0.1, -0.05) is 6.07 Å². The fraction of sp³-hybridized carbons (Fsp3) is 0.429. The quantitative estimate of drug-likeness (QED) is 0.824. The van der Waals surface area contributed by atoms with Gasteiger partial charge in [-0.3, -0.25) is 9.59 Å². The van der Waals surface area contributed by atoms with E-state index in [-0.39, 0.29) is 19.1 Å². The van der Waals surface area contributed by atoms with Crippen LogP contribution in [0.1, 0.15) is 15.9 Å². The first-order valence-corrected chi connectivity index (χ1v) is 7.51. The zero-order chi connectivity index (χ0) is 14.7. The number of aryl methyl sites for hydroxylation is 1. The van der Waals surface area contributed by atoms with Gasteiger partial charge in [0.25, 0.3) is 5.91 Å². The maximum atomic E-state index is 12.3. The summed E-state index contributed by atoms with van der Waals surface area (Å²) in [6.45, 7) is 2.24. The summed E-state index contributed by atoms with van der Waals surface area (Å²) in [5, 5.41) is 11.8. The van der Waals surface area contributed by atoms with E-state index in [9.17, 15) is 9.59 Å². The van der Waals surface area contributed by atoms with Crippen LogP contribution in [0.5, 0.6) is 0 Å². The molecule has 1 amide bonds. The normalized spacial score (nSPS) is 21.7. The van der Waals surface area contributed by atoms with Crippen molar-refractivity contribution < 1.29 is 19.4 Å². The maximum absolute atomic E-state index is 12.3. The molecule has 1 aromatic carbocycles. The third-order valence-electron chi connectivity index (χ3n) is 3.40. The fourth-order valence-corrected chi connectivity index (χ4v) is 2.60. The third-order valence-corrected chi connectivity index (χ3v) is 4.13. The lowest BCUT2D eigenvalue weighted by atomic mass is 10.0. The second kappa shape index (κ2) is 6.28. The topological polar surface area (TPSA) is 75.6 Å². The van der Waals surface area contributed by atoms with Crippen molar-refractivity contribution in [3.05, 3.63) is 29.3 Å². The number of nitrogens with one attached hydrogen (secondary N) is 1. The molecule has 0 bridgehead atoms. The van der Waals surface area contributed by atoms with Gasteiger partial charge in [-0.2, -0.15) is 0 Å². The number of carbonyl (C=O) groups excluding carboxylic acids is 1. The summed E-state index contributed by atoms with van der Waals surface area (Å²) >= 11 is 1.56. The summed E-state index contributed by atoms with van der Waals surface area (Å²) in [4.78, 5) is 24.3. The second-order valence-corrected chi connectivity index (χ2v) is 5.62. The van der Waals surface area contributed by atoms with Crippen LogP contribution in [0.2, 0.25) is 0 Å². The van der Waals surface area contributed by atoms with Gasteiger partial charge >= 0.3 is 5.97 Å². The number of carboxylic acid groups (broad SMARTS) is 1. The van der Waals surface area contributed by atoms with Crippen molar-refractivity contribution in [1.29, 1.82) is 0 Å². The average Bonchev–Trinajstić information content (AvgIpc) is 2.87. The standard InChI is InChI=1S/C14H17NO4S/c1-8-3-4-9(20-2)5-10(8)13(16)15-12-7-19-6-11(12)14(17)18/h3-5,11-12H,6-7H2,1-2H3,(H,15,16)(H,17,18). The summed E-state index contributed by atoms with van der Waals surface area (Å²) in [5.74, 6) is -1.87. The number of thioether (sulfide) groups is 1. The zero-order valence-corrected chi connectivity index (χ0v) is 12.2. The largest absolute Gasteiger partial charge is 0.481 e. The molecule has 0 spiro atoms.